The second-order valence-electron chi connectivity index (χ2n) is 8.44. The minimum atomic E-state index is -0.326. The molecule has 4 rings (SSSR count). The first-order valence-electron chi connectivity index (χ1n) is 10.2. The fraction of sp³-hybridized carbons (Fsp3) is 0.545. The number of ether oxygens (including phenoxy) is 1. The predicted molar refractivity (Wildman–Crippen MR) is 110 cm³/mol. The molecular weight excluding hydrogens is 352 g/mol. The highest BCUT2D eigenvalue weighted by atomic mass is 16.5. The highest BCUT2D eigenvalue weighted by Crippen LogP contribution is 2.43. The van der Waals surface area contributed by atoms with E-state index in [-0.39, 0.29) is 17.8 Å². The number of rotatable bonds is 3. The number of aromatic nitrogens is 2. The van der Waals surface area contributed by atoms with Gasteiger partial charge in [-0.1, -0.05) is 44.2 Å². The van der Waals surface area contributed by atoms with Crippen LogP contribution in [0.15, 0.2) is 36.4 Å². The summed E-state index contributed by atoms with van der Waals surface area (Å²) >= 11 is 0. The van der Waals surface area contributed by atoms with Crippen LogP contribution in [0.1, 0.15) is 62.8 Å². The standard InChI is InChI=1S/C22H30N4O2/c1-15(2)18-13-20(25-21(23)24-18)26-10-8-22(9-11-26)14-17(27)12-19(28-22)16-6-4-3-5-7-16/h3-7,13,15,17,19,27H,8-12,14H2,1-2H3,(H2,23,24,25)/t17-,19-/m1/s1. The molecule has 0 amide bonds. The van der Waals surface area contributed by atoms with E-state index in [1.54, 1.807) is 0 Å². The molecular formula is C22H30N4O2. The molecule has 28 heavy (non-hydrogen) atoms. The first kappa shape index (κ1) is 19.2. The number of aliphatic hydroxyl groups excluding tert-OH is 1. The topological polar surface area (TPSA) is 84.5 Å². The van der Waals surface area contributed by atoms with Crippen LogP contribution in [0.25, 0.3) is 0 Å². The van der Waals surface area contributed by atoms with Crippen molar-refractivity contribution in [1.82, 2.24) is 9.97 Å². The maximum absolute atomic E-state index is 10.5. The van der Waals surface area contributed by atoms with E-state index in [4.69, 9.17) is 10.5 Å². The molecule has 0 radical (unpaired) electrons. The lowest BCUT2D eigenvalue weighted by atomic mass is 9.81. The van der Waals surface area contributed by atoms with Gasteiger partial charge in [-0.3, -0.25) is 0 Å². The Balaban J connectivity index is 1.48. The molecule has 1 aromatic carbocycles. The highest BCUT2D eigenvalue weighted by Gasteiger charge is 2.43. The molecule has 1 spiro atoms. The van der Waals surface area contributed by atoms with Crippen LogP contribution in [-0.4, -0.2) is 39.9 Å². The van der Waals surface area contributed by atoms with E-state index < -0.39 is 0 Å². The maximum Gasteiger partial charge on any atom is 0.222 e. The van der Waals surface area contributed by atoms with Crippen LogP contribution in [0.2, 0.25) is 0 Å². The highest BCUT2D eigenvalue weighted by molar-refractivity contribution is 5.44. The Morgan fingerprint density at radius 3 is 2.57 bits per heavy atom. The molecule has 150 valence electrons. The Morgan fingerprint density at radius 1 is 1.18 bits per heavy atom. The van der Waals surface area contributed by atoms with Crippen molar-refractivity contribution < 1.29 is 9.84 Å². The Kier molecular flexibility index (Phi) is 5.25. The lowest BCUT2D eigenvalue weighted by molar-refractivity contribution is -0.173. The molecule has 6 nitrogen and oxygen atoms in total. The monoisotopic (exact) mass is 382 g/mol. The zero-order valence-corrected chi connectivity index (χ0v) is 16.7. The van der Waals surface area contributed by atoms with Crippen molar-refractivity contribution in [2.45, 2.75) is 63.3 Å². The van der Waals surface area contributed by atoms with E-state index in [9.17, 15) is 5.11 Å². The Labute approximate surface area is 166 Å². The molecule has 2 aliphatic heterocycles. The van der Waals surface area contributed by atoms with Crippen LogP contribution in [0.5, 0.6) is 0 Å². The average Bonchev–Trinajstić information content (AvgIpc) is 2.68. The van der Waals surface area contributed by atoms with Crippen molar-refractivity contribution in [3.8, 4) is 0 Å². The van der Waals surface area contributed by atoms with Crippen LogP contribution in [-0.2, 0) is 4.74 Å². The molecule has 2 aromatic rings. The Morgan fingerprint density at radius 2 is 1.89 bits per heavy atom. The summed E-state index contributed by atoms with van der Waals surface area (Å²) in [6, 6.07) is 12.3. The summed E-state index contributed by atoms with van der Waals surface area (Å²) in [6.07, 6.45) is 2.73. The Bertz CT molecular complexity index is 803. The molecule has 2 fully saturated rings. The van der Waals surface area contributed by atoms with Gasteiger partial charge in [-0.2, -0.15) is 4.98 Å². The van der Waals surface area contributed by atoms with Gasteiger partial charge in [-0.25, -0.2) is 4.98 Å². The molecule has 2 saturated heterocycles. The molecule has 1 aromatic heterocycles. The molecule has 2 aliphatic rings. The zero-order valence-electron chi connectivity index (χ0n) is 16.7. The molecule has 0 aliphatic carbocycles. The van der Waals surface area contributed by atoms with Gasteiger partial charge in [0.2, 0.25) is 5.95 Å². The lowest BCUT2D eigenvalue weighted by Crippen LogP contribution is -2.51. The van der Waals surface area contributed by atoms with Crippen molar-refractivity contribution in [3.63, 3.8) is 0 Å². The number of nitrogens with zero attached hydrogens (tertiary/aromatic N) is 3. The van der Waals surface area contributed by atoms with Crippen LogP contribution in [0.4, 0.5) is 11.8 Å². The average molecular weight is 383 g/mol. The second kappa shape index (κ2) is 7.68. The van der Waals surface area contributed by atoms with E-state index in [1.807, 2.05) is 24.3 Å². The third-order valence-corrected chi connectivity index (χ3v) is 6.00. The normalized spacial score (nSPS) is 24.6. The van der Waals surface area contributed by atoms with Gasteiger partial charge >= 0.3 is 0 Å². The third-order valence-electron chi connectivity index (χ3n) is 6.00. The summed E-state index contributed by atoms with van der Waals surface area (Å²) in [5.74, 6) is 1.53. The van der Waals surface area contributed by atoms with Gasteiger partial charge in [-0.15, -0.1) is 0 Å². The van der Waals surface area contributed by atoms with E-state index in [0.717, 1.165) is 43.0 Å². The summed E-state index contributed by atoms with van der Waals surface area (Å²) in [6.45, 7) is 5.89. The smallest absolute Gasteiger partial charge is 0.222 e. The second-order valence-corrected chi connectivity index (χ2v) is 8.44. The summed E-state index contributed by atoms with van der Waals surface area (Å²) in [5.41, 5.74) is 7.78. The number of nitrogen functional groups attached to an aromatic ring is 1. The van der Waals surface area contributed by atoms with Crippen molar-refractivity contribution in [3.05, 3.63) is 47.7 Å². The molecule has 0 unspecified atom stereocenters. The lowest BCUT2D eigenvalue weighted by Gasteiger charge is -2.48. The molecule has 6 heteroatoms. The van der Waals surface area contributed by atoms with Crippen LogP contribution in [0.3, 0.4) is 0 Å². The van der Waals surface area contributed by atoms with Crippen molar-refractivity contribution >= 4 is 11.8 Å². The number of piperidine rings is 1. The van der Waals surface area contributed by atoms with E-state index in [0.29, 0.717) is 24.7 Å². The van der Waals surface area contributed by atoms with E-state index >= 15 is 0 Å². The van der Waals surface area contributed by atoms with Crippen molar-refractivity contribution in [1.29, 1.82) is 0 Å². The number of aliphatic hydroxyl groups is 1. The van der Waals surface area contributed by atoms with Crippen LogP contribution in [0, 0.1) is 0 Å². The van der Waals surface area contributed by atoms with Crippen LogP contribution >= 0.6 is 0 Å². The van der Waals surface area contributed by atoms with Gasteiger partial charge in [0.1, 0.15) is 5.82 Å². The van der Waals surface area contributed by atoms with Gasteiger partial charge in [-0.05, 0) is 24.3 Å². The van der Waals surface area contributed by atoms with Crippen molar-refractivity contribution in [2.24, 2.45) is 0 Å². The van der Waals surface area contributed by atoms with Crippen molar-refractivity contribution in [2.75, 3.05) is 23.7 Å². The van der Waals surface area contributed by atoms with Gasteiger partial charge in [0.05, 0.1) is 23.5 Å². The summed E-state index contributed by atoms with van der Waals surface area (Å²) in [7, 11) is 0. The summed E-state index contributed by atoms with van der Waals surface area (Å²) in [5, 5.41) is 10.5. The van der Waals surface area contributed by atoms with Gasteiger partial charge in [0.15, 0.2) is 0 Å². The maximum atomic E-state index is 10.5. The SMILES string of the molecule is CC(C)c1cc(N2CCC3(CC2)C[C@H](O)C[C@H](c2ccccc2)O3)nc(N)n1. The first-order valence-corrected chi connectivity index (χ1v) is 10.2. The van der Waals surface area contributed by atoms with Gasteiger partial charge in [0, 0.05) is 32.0 Å². The van der Waals surface area contributed by atoms with Gasteiger partial charge < -0.3 is 20.5 Å². The third kappa shape index (κ3) is 3.98. The van der Waals surface area contributed by atoms with Gasteiger partial charge in [0.25, 0.3) is 0 Å². The summed E-state index contributed by atoms with van der Waals surface area (Å²) in [4.78, 5) is 11.1. The fourth-order valence-corrected chi connectivity index (χ4v) is 4.42. The number of hydrogen-bond donors (Lipinski definition) is 2. The molecule has 3 heterocycles. The summed E-state index contributed by atoms with van der Waals surface area (Å²) < 4.78 is 6.60. The predicted octanol–water partition coefficient (Wildman–Crippen LogP) is 3.43. The zero-order chi connectivity index (χ0) is 19.7. The largest absolute Gasteiger partial charge is 0.393 e. The molecule has 0 saturated carbocycles. The molecule has 3 N–H and O–H groups in total. The molecule has 0 bridgehead atoms. The fourth-order valence-electron chi connectivity index (χ4n) is 4.42. The number of nitrogens with two attached hydrogens (primary N) is 1. The number of benzene rings is 1. The minimum Gasteiger partial charge on any atom is -0.393 e. The Hall–Kier alpha value is -2.18. The number of hydrogen-bond acceptors (Lipinski definition) is 6. The minimum absolute atomic E-state index is 0.0428. The molecule has 2 atom stereocenters. The van der Waals surface area contributed by atoms with Crippen LogP contribution < -0.4 is 10.6 Å². The van der Waals surface area contributed by atoms with E-state index in [2.05, 4.69) is 40.8 Å². The first-order chi connectivity index (χ1) is 13.4. The quantitative estimate of drug-likeness (QED) is 0.846. The number of anilines is 2. The van der Waals surface area contributed by atoms with E-state index in [1.165, 1.54) is 0 Å².